The second-order valence-electron chi connectivity index (χ2n) is 1.47. The van der Waals surface area contributed by atoms with E-state index in [0.29, 0.717) is 0 Å². The third-order valence-electron chi connectivity index (χ3n) is 0.837. The standard InChI is InChI=1S/C6H8OSi/c1-2-4-6-8-7-5-3-1/h1-6H,8H2. The Kier molecular flexibility index (Phi) is 2.19. The summed E-state index contributed by atoms with van der Waals surface area (Å²) in [7, 11) is -0.367. The fraction of sp³-hybridized carbons (Fsp3) is 0. The summed E-state index contributed by atoms with van der Waals surface area (Å²) < 4.78 is 5.09. The van der Waals surface area contributed by atoms with Crippen molar-refractivity contribution >= 4 is 9.76 Å². The van der Waals surface area contributed by atoms with Crippen LogP contribution < -0.4 is 0 Å². The highest BCUT2D eigenvalue weighted by Gasteiger charge is 1.75. The highest BCUT2D eigenvalue weighted by atomic mass is 28.2. The third-order valence-corrected chi connectivity index (χ3v) is 1.69. The van der Waals surface area contributed by atoms with E-state index in [9.17, 15) is 0 Å². The van der Waals surface area contributed by atoms with Crippen LogP contribution in [0.4, 0.5) is 0 Å². The van der Waals surface area contributed by atoms with E-state index in [-0.39, 0.29) is 9.76 Å². The summed E-state index contributed by atoms with van der Waals surface area (Å²) in [5.41, 5.74) is 2.10. The zero-order valence-electron chi connectivity index (χ0n) is 4.58. The second-order valence-corrected chi connectivity index (χ2v) is 2.61. The maximum absolute atomic E-state index is 5.09. The van der Waals surface area contributed by atoms with E-state index in [1.807, 2.05) is 24.3 Å². The van der Waals surface area contributed by atoms with Crippen molar-refractivity contribution in [1.82, 2.24) is 0 Å². The zero-order chi connectivity index (χ0) is 5.66. The highest BCUT2D eigenvalue weighted by molar-refractivity contribution is 6.34. The first kappa shape index (κ1) is 5.38. The molecule has 1 aliphatic rings. The van der Waals surface area contributed by atoms with Crippen LogP contribution in [0.5, 0.6) is 0 Å². The Morgan fingerprint density at radius 1 is 1.00 bits per heavy atom. The summed E-state index contributed by atoms with van der Waals surface area (Å²) in [5, 5.41) is 0. The van der Waals surface area contributed by atoms with Gasteiger partial charge in [0.2, 0.25) is 9.76 Å². The Bertz CT molecular complexity index is 119. The van der Waals surface area contributed by atoms with Gasteiger partial charge in [-0.3, -0.25) is 0 Å². The Labute approximate surface area is 51.3 Å². The van der Waals surface area contributed by atoms with Crippen LogP contribution in [0.3, 0.4) is 0 Å². The van der Waals surface area contributed by atoms with Gasteiger partial charge in [0.15, 0.2) is 0 Å². The van der Waals surface area contributed by atoms with Gasteiger partial charge in [-0.2, -0.15) is 0 Å². The summed E-state index contributed by atoms with van der Waals surface area (Å²) in [4.78, 5) is 0. The van der Waals surface area contributed by atoms with Crippen molar-refractivity contribution in [2.75, 3.05) is 0 Å². The molecule has 1 aliphatic heterocycles. The van der Waals surface area contributed by atoms with Gasteiger partial charge in [0.25, 0.3) is 0 Å². The van der Waals surface area contributed by atoms with E-state index in [0.717, 1.165) is 0 Å². The van der Waals surface area contributed by atoms with Crippen LogP contribution in [-0.4, -0.2) is 9.76 Å². The molecule has 42 valence electrons. The van der Waals surface area contributed by atoms with Crippen LogP contribution in [0.25, 0.3) is 0 Å². The number of rotatable bonds is 0. The fourth-order valence-corrected chi connectivity index (χ4v) is 1.08. The maximum atomic E-state index is 5.09. The Morgan fingerprint density at radius 2 is 1.88 bits per heavy atom. The molecular formula is C6H8OSi. The Balaban J connectivity index is 2.51. The lowest BCUT2D eigenvalue weighted by atomic mass is 10.5. The lowest BCUT2D eigenvalue weighted by molar-refractivity contribution is 0.523. The first-order valence-electron chi connectivity index (χ1n) is 2.60. The first-order chi connectivity index (χ1) is 4.00. The van der Waals surface area contributed by atoms with Gasteiger partial charge in [-0.15, -0.1) is 0 Å². The predicted molar refractivity (Wildman–Crippen MR) is 37.0 cm³/mol. The molecule has 0 aliphatic carbocycles. The second kappa shape index (κ2) is 3.27. The number of hydrogen-bond donors (Lipinski definition) is 0. The van der Waals surface area contributed by atoms with Crippen molar-refractivity contribution in [2.24, 2.45) is 0 Å². The number of allylic oxidation sites excluding steroid dienone is 4. The molecule has 0 aromatic heterocycles. The molecule has 0 aromatic carbocycles. The normalized spacial score (nSPS) is 20.0. The van der Waals surface area contributed by atoms with E-state index >= 15 is 0 Å². The lowest BCUT2D eigenvalue weighted by Gasteiger charge is -1.92. The lowest BCUT2D eigenvalue weighted by Crippen LogP contribution is -1.86. The van der Waals surface area contributed by atoms with Crippen LogP contribution in [0, 0.1) is 0 Å². The van der Waals surface area contributed by atoms with Crippen LogP contribution in [0.1, 0.15) is 0 Å². The summed E-state index contributed by atoms with van der Waals surface area (Å²) >= 11 is 0. The van der Waals surface area contributed by atoms with E-state index in [1.54, 1.807) is 6.26 Å². The molecule has 0 saturated carbocycles. The topological polar surface area (TPSA) is 9.23 Å². The van der Waals surface area contributed by atoms with Gasteiger partial charge in [0.1, 0.15) is 0 Å². The molecule has 0 radical (unpaired) electrons. The molecule has 0 fully saturated rings. The van der Waals surface area contributed by atoms with E-state index in [2.05, 4.69) is 5.70 Å². The molecule has 2 heteroatoms. The average molecular weight is 124 g/mol. The van der Waals surface area contributed by atoms with E-state index < -0.39 is 0 Å². The van der Waals surface area contributed by atoms with E-state index in [4.69, 9.17) is 4.43 Å². The van der Waals surface area contributed by atoms with Crippen molar-refractivity contribution in [2.45, 2.75) is 0 Å². The van der Waals surface area contributed by atoms with Gasteiger partial charge in [0, 0.05) is 0 Å². The van der Waals surface area contributed by atoms with Crippen molar-refractivity contribution in [1.29, 1.82) is 0 Å². The Morgan fingerprint density at radius 3 is 2.88 bits per heavy atom. The molecular weight excluding hydrogens is 116 g/mol. The van der Waals surface area contributed by atoms with Crippen molar-refractivity contribution in [3.05, 3.63) is 36.3 Å². The molecule has 0 N–H and O–H groups in total. The molecule has 8 heavy (non-hydrogen) atoms. The van der Waals surface area contributed by atoms with Crippen molar-refractivity contribution in [3.63, 3.8) is 0 Å². The minimum absolute atomic E-state index is 0.367. The number of hydrogen-bond acceptors (Lipinski definition) is 1. The molecule has 0 aromatic rings. The summed E-state index contributed by atoms with van der Waals surface area (Å²) in [6.07, 6.45) is 9.62. The minimum atomic E-state index is -0.367. The molecule has 0 atom stereocenters. The van der Waals surface area contributed by atoms with Crippen LogP contribution >= 0.6 is 0 Å². The molecule has 0 saturated heterocycles. The third kappa shape index (κ3) is 1.79. The fourth-order valence-electron chi connectivity index (χ4n) is 0.474. The SMILES string of the molecule is C1=CC=C[SiH2]OC=C1. The summed E-state index contributed by atoms with van der Waals surface area (Å²) in [6, 6.07) is 0. The molecule has 0 bridgehead atoms. The van der Waals surface area contributed by atoms with Gasteiger partial charge in [-0.1, -0.05) is 23.9 Å². The van der Waals surface area contributed by atoms with Gasteiger partial charge in [0.05, 0.1) is 6.26 Å². The van der Waals surface area contributed by atoms with E-state index in [1.165, 1.54) is 0 Å². The average Bonchev–Trinajstić information content (AvgIpc) is 1.62. The monoisotopic (exact) mass is 124 g/mol. The quantitative estimate of drug-likeness (QED) is 0.432. The molecule has 0 amide bonds. The van der Waals surface area contributed by atoms with Crippen LogP contribution in [-0.2, 0) is 4.43 Å². The van der Waals surface area contributed by atoms with Crippen molar-refractivity contribution in [3.8, 4) is 0 Å². The molecule has 1 nitrogen and oxygen atoms in total. The largest absolute Gasteiger partial charge is 0.551 e. The highest BCUT2D eigenvalue weighted by Crippen LogP contribution is 1.85. The molecule has 0 spiro atoms. The van der Waals surface area contributed by atoms with Gasteiger partial charge in [-0.25, -0.2) is 0 Å². The van der Waals surface area contributed by atoms with Crippen molar-refractivity contribution < 1.29 is 4.43 Å². The summed E-state index contributed by atoms with van der Waals surface area (Å²) in [5.74, 6) is 0. The van der Waals surface area contributed by atoms with Gasteiger partial charge in [-0.05, 0) is 6.08 Å². The maximum Gasteiger partial charge on any atom is 0.243 e. The van der Waals surface area contributed by atoms with Crippen LogP contribution in [0.2, 0.25) is 0 Å². The first-order valence-corrected chi connectivity index (χ1v) is 3.99. The molecule has 1 rings (SSSR count). The molecule has 0 unspecified atom stereocenters. The zero-order valence-corrected chi connectivity index (χ0v) is 5.99. The van der Waals surface area contributed by atoms with Gasteiger partial charge >= 0.3 is 0 Å². The minimum Gasteiger partial charge on any atom is -0.551 e. The Hall–Kier alpha value is -0.763. The smallest absolute Gasteiger partial charge is 0.243 e. The van der Waals surface area contributed by atoms with Gasteiger partial charge < -0.3 is 4.43 Å². The van der Waals surface area contributed by atoms with Crippen LogP contribution in [0.15, 0.2) is 36.3 Å². The molecule has 1 heterocycles. The summed E-state index contributed by atoms with van der Waals surface area (Å²) in [6.45, 7) is 0. The predicted octanol–water partition coefficient (Wildman–Crippen LogP) is 0.684.